The molecule has 0 heterocycles. The summed E-state index contributed by atoms with van der Waals surface area (Å²) in [5, 5.41) is 3.36. The molecule has 0 saturated heterocycles. The summed E-state index contributed by atoms with van der Waals surface area (Å²) in [5.41, 5.74) is 1.09. The van der Waals surface area contributed by atoms with Gasteiger partial charge in [-0.05, 0) is 19.0 Å². The third-order valence-corrected chi connectivity index (χ3v) is 2.62. The maximum absolute atomic E-state index is 5.74. The average Bonchev–Trinajstić information content (AvgIpc) is 2.37. The molecule has 1 N–H and O–H groups in total. The van der Waals surface area contributed by atoms with E-state index in [1.165, 1.54) is 0 Å². The molecule has 3 nitrogen and oxygen atoms in total. The summed E-state index contributed by atoms with van der Waals surface area (Å²) < 4.78 is 11.9. The zero-order valence-corrected chi connectivity index (χ0v) is 12.5. The molecule has 18 heavy (non-hydrogen) atoms. The van der Waals surface area contributed by atoms with E-state index >= 15 is 0 Å². The van der Waals surface area contributed by atoms with Gasteiger partial charge >= 0.3 is 0 Å². The number of rotatable bonds is 8. The van der Waals surface area contributed by atoms with E-state index in [1.807, 2.05) is 18.2 Å². The van der Waals surface area contributed by atoms with Crippen LogP contribution in [0.2, 0.25) is 0 Å². The number of halogens is 1. The summed E-state index contributed by atoms with van der Waals surface area (Å²) >= 11 is 3.29. The van der Waals surface area contributed by atoms with Crippen molar-refractivity contribution in [3.8, 4) is 11.5 Å². The van der Waals surface area contributed by atoms with Gasteiger partial charge in [0.2, 0.25) is 0 Å². The van der Waals surface area contributed by atoms with Gasteiger partial charge < -0.3 is 14.8 Å². The molecule has 0 unspecified atom stereocenters. The van der Waals surface area contributed by atoms with E-state index in [0.717, 1.165) is 41.1 Å². The van der Waals surface area contributed by atoms with Crippen molar-refractivity contribution in [1.82, 2.24) is 5.32 Å². The summed E-state index contributed by atoms with van der Waals surface area (Å²) in [7, 11) is 1.65. The fraction of sp³-hybridized carbons (Fsp3) is 0.429. The summed E-state index contributed by atoms with van der Waals surface area (Å²) in [6.45, 7) is 8.10. The first-order chi connectivity index (χ1) is 8.69. The molecule has 1 aromatic carbocycles. The predicted octanol–water partition coefficient (Wildman–Crippen LogP) is 3.48. The second-order valence-electron chi connectivity index (χ2n) is 3.93. The molecule has 100 valence electrons. The Balaban J connectivity index is 2.82. The fourth-order valence-electron chi connectivity index (χ4n) is 1.58. The maximum atomic E-state index is 5.74. The first-order valence-corrected chi connectivity index (χ1v) is 6.81. The Morgan fingerprint density at radius 3 is 2.83 bits per heavy atom. The van der Waals surface area contributed by atoms with Crippen molar-refractivity contribution in [1.29, 1.82) is 0 Å². The second-order valence-corrected chi connectivity index (χ2v) is 5.05. The van der Waals surface area contributed by atoms with Crippen LogP contribution in [0.1, 0.15) is 18.9 Å². The van der Waals surface area contributed by atoms with Gasteiger partial charge in [0.05, 0.1) is 7.11 Å². The minimum absolute atomic E-state index is 0.432. The van der Waals surface area contributed by atoms with E-state index in [0.29, 0.717) is 6.61 Å². The van der Waals surface area contributed by atoms with Crippen LogP contribution in [-0.4, -0.2) is 20.3 Å². The molecule has 0 amide bonds. The highest BCUT2D eigenvalue weighted by atomic mass is 79.9. The lowest BCUT2D eigenvalue weighted by molar-refractivity contribution is 0.320. The van der Waals surface area contributed by atoms with Crippen LogP contribution in [0.15, 0.2) is 29.3 Å². The van der Waals surface area contributed by atoms with E-state index < -0.39 is 0 Å². The number of hydrogen-bond donors (Lipinski definition) is 1. The van der Waals surface area contributed by atoms with Crippen molar-refractivity contribution < 1.29 is 9.47 Å². The van der Waals surface area contributed by atoms with Crippen molar-refractivity contribution >= 4 is 15.9 Å². The van der Waals surface area contributed by atoms with E-state index in [2.05, 4.69) is 34.7 Å². The lowest BCUT2D eigenvalue weighted by Gasteiger charge is -2.15. The summed E-state index contributed by atoms with van der Waals surface area (Å²) in [4.78, 5) is 0. The van der Waals surface area contributed by atoms with E-state index in [-0.39, 0.29) is 0 Å². The lowest BCUT2D eigenvalue weighted by atomic mass is 10.2. The van der Waals surface area contributed by atoms with Gasteiger partial charge in [-0.25, -0.2) is 0 Å². The van der Waals surface area contributed by atoms with Crippen LogP contribution in [0.25, 0.3) is 0 Å². The molecule has 1 aromatic rings. The first-order valence-electron chi connectivity index (χ1n) is 6.01. The minimum Gasteiger partial charge on any atom is -0.493 e. The Hall–Kier alpha value is -1.00. The zero-order chi connectivity index (χ0) is 13.4. The van der Waals surface area contributed by atoms with Gasteiger partial charge in [0.1, 0.15) is 6.61 Å². The third kappa shape index (κ3) is 4.70. The molecular formula is C14H20BrNO2. The fourth-order valence-corrected chi connectivity index (χ4v) is 1.69. The van der Waals surface area contributed by atoms with E-state index in [1.54, 1.807) is 7.11 Å². The molecule has 0 spiro atoms. The number of ether oxygens (including phenoxy) is 2. The largest absolute Gasteiger partial charge is 0.493 e. The number of nitrogens with one attached hydrogen (secondary N) is 1. The average molecular weight is 314 g/mol. The van der Waals surface area contributed by atoms with Crippen molar-refractivity contribution in [2.45, 2.75) is 19.9 Å². The number of benzene rings is 1. The van der Waals surface area contributed by atoms with Gasteiger partial charge in [-0.2, -0.15) is 0 Å². The third-order valence-electron chi connectivity index (χ3n) is 2.40. The second kappa shape index (κ2) is 8.16. The Bertz CT molecular complexity index is 393. The van der Waals surface area contributed by atoms with Gasteiger partial charge in [0.25, 0.3) is 0 Å². The summed E-state index contributed by atoms with van der Waals surface area (Å²) in [5.74, 6) is 1.53. The minimum atomic E-state index is 0.432. The SMILES string of the molecule is C=C(Br)COc1c(CNCCC)cccc1OC. The van der Waals surface area contributed by atoms with Gasteiger partial charge in [-0.15, -0.1) is 0 Å². The standard InChI is InChI=1S/C14H20BrNO2/c1-4-8-16-9-12-6-5-7-13(17-3)14(12)18-10-11(2)15/h5-7,16H,2,4,8-10H2,1,3H3. The van der Waals surface area contributed by atoms with Crippen molar-refractivity contribution in [3.63, 3.8) is 0 Å². The number of methoxy groups -OCH3 is 1. The normalized spacial score (nSPS) is 10.2. The molecule has 0 aliphatic rings. The van der Waals surface area contributed by atoms with Crippen molar-refractivity contribution in [3.05, 3.63) is 34.8 Å². The lowest BCUT2D eigenvalue weighted by Crippen LogP contribution is -2.15. The van der Waals surface area contributed by atoms with Crippen LogP contribution in [0.4, 0.5) is 0 Å². The number of para-hydroxylation sites is 1. The molecule has 0 saturated carbocycles. The smallest absolute Gasteiger partial charge is 0.166 e. The molecule has 0 aliphatic carbocycles. The highest BCUT2D eigenvalue weighted by Gasteiger charge is 2.10. The molecule has 0 aromatic heterocycles. The highest BCUT2D eigenvalue weighted by molar-refractivity contribution is 9.11. The van der Waals surface area contributed by atoms with Crippen molar-refractivity contribution in [2.75, 3.05) is 20.3 Å². The van der Waals surface area contributed by atoms with Gasteiger partial charge in [0.15, 0.2) is 11.5 Å². The maximum Gasteiger partial charge on any atom is 0.166 e. The molecule has 0 bridgehead atoms. The van der Waals surface area contributed by atoms with Crippen LogP contribution in [0.5, 0.6) is 11.5 Å². The molecule has 1 rings (SSSR count). The first kappa shape index (κ1) is 15.1. The Kier molecular flexibility index (Phi) is 6.83. The molecule has 0 atom stereocenters. The highest BCUT2D eigenvalue weighted by Crippen LogP contribution is 2.31. The van der Waals surface area contributed by atoms with Gasteiger partial charge in [0, 0.05) is 16.6 Å². The molecule has 0 fully saturated rings. The van der Waals surface area contributed by atoms with Crippen LogP contribution >= 0.6 is 15.9 Å². The van der Waals surface area contributed by atoms with Gasteiger partial charge in [-0.3, -0.25) is 0 Å². The van der Waals surface area contributed by atoms with Crippen molar-refractivity contribution in [2.24, 2.45) is 0 Å². The van der Waals surface area contributed by atoms with E-state index in [4.69, 9.17) is 9.47 Å². The van der Waals surface area contributed by atoms with Crippen LogP contribution in [0.3, 0.4) is 0 Å². The van der Waals surface area contributed by atoms with Crippen LogP contribution in [0, 0.1) is 0 Å². The Morgan fingerprint density at radius 1 is 1.44 bits per heavy atom. The van der Waals surface area contributed by atoms with Gasteiger partial charge in [-0.1, -0.05) is 41.6 Å². The van der Waals surface area contributed by atoms with Crippen LogP contribution in [-0.2, 0) is 6.54 Å². The molecular weight excluding hydrogens is 294 g/mol. The molecule has 0 radical (unpaired) electrons. The predicted molar refractivity (Wildman–Crippen MR) is 78.6 cm³/mol. The van der Waals surface area contributed by atoms with Crippen LogP contribution < -0.4 is 14.8 Å². The quantitative estimate of drug-likeness (QED) is 0.745. The topological polar surface area (TPSA) is 30.5 Å². The molecule has 4 heteroatoms. The summed E-state index contributed by atoms with van der Waals surface area (Å²) in [6.07, 6.45) is 1.11. The Labute approximate surface area is 117 Å². The number of hydrogen-bond acceptors (Lipinski definition) is 3. The summed E-state index contributed by atoms with van der Waals surface area (Å²) in [6, 6.07) is 5.91. The van der Waals surface area contributed by atoms with E-state index in [9.17, 15) is 0 Å². The molecule has 0 aliphatic heterocycles. The zero-order valence-electron chi connectivity index (χ0n) is 11.0. The Morgan fingerprint density at radius 2 is 2.22 bits per heavy atom. The monoisotopic (exact) mass is 313 g/mol.